The van der Waals surface area contributed by atoms with Crippen LogP contribution in [0.15, 0.2) is 42.5 Å². The maximum atomic E-state index is 12.1. The molecule has 0 bridgehead atoms. The zero-order valence-electron chi connectivity index (χ0n) is 17.9. The van der Waals surface area contributed by atoms with Crippen molar-refractivity contribution in [3.63, 3.8) is 0 Å². The van der Waals surface area contributed by atoms with Crippen LogP contribution in [0.5, 0.6) is 11.5 Å². The minimum atomic E-state index is -0.866. The van der Waals surface area contributed by atoms with Crippen LogP contribution in [0.3, 0.4) is 0 Å². The zero-order chi connectivity index (χ0) is 22.1. The molecule has 1 unspecified atom stereocenters. The maximum Gasteiger partial charge on any atom is 0.320 e. The van der Waals surface area contributed by atoms with Crippen LogP contribution in [-0.2, 0) is 16.1 Å². The predicted octanol–water partition coefficient (Wildman–Crippen LogP) is 3.61. The predicted molar refractivity (Wildman–Crippen MR) is 116 cm³/mol. The first-order valence-corrected chi connectivity index (χ1v) is 9.91. The average molecular weight is 415 g/mol. The van der Waals surface area contributed by atoms with Crippen LogP contribution in [0.1, 0.15) is 31.4 Å². The lowest BCUT2D eigenvalue weighted by atomic mass is 10.0. The molecular weight excluding hydrogens is 384 g/mol. The summed E-state index contributed by atoms with van der Waals surface area (Å²) in [6, 6.07) is 12.2. The Morgan fingerprint density at radius 2 is 1.77 bits per heavy atom. The molecular formula is C23H30N2O5. The van der Waals surface area contributed by atoms with E-state index in [-0.39, 0.29) is 18.4 Å². The second-order valence-corrected chi connectivity index (χ2v) is 7.59. The Kier molecular flexibility index (Phi) is 8.68. The molecule has 0 aliphatic carbocycles. The minimum Gasteiger partial charge on any atom is -0.493 e. The Balaban J connectivity index is 1.93. The fourth-order valence-electron chi connectivity index (χ4n) is 2.90. The van der Waals surface area contributed by atoms with Gasteiger partial charge >= 0.3 is 5.97 Å². The van der Waals surface area contributed by atoms with Crippen LogP contribution < -0.4 is 20.1 Å². The van der Waals surface area contributed by atoms with Gasteiger partial charge in [-0.3, -0.25) is 9.59 Å². The summed E-state index contributed by atoms with van der Waals surface area (Å²) in [4.78, 5) is 23.5. The number of amides is 1. The van der Waals surface area contributed by atoms with Gasteiger partial charge in [0.2, 0.25) is 0 Å². The number of carboxylic acid groups (broad SMARTS) is 1. The van der Waals surface area contributed by atoms with Gasteiger partial charge in [-0.1, -0.05) is 37.6 Å². The molecule has 0 radical (unpaired) electrons. The van der Waals surface area contributed by atoms with Gasteiger partial charge in [0.15, 0.2) is 18.1 Å². The number of nitrogens with one attached hydrogen (secondary N) is 2. The van der Waals surface area contributed by atoms with E-state index in [9.17, 15) is 14.7 Å². The molecule has 0 aromatic heterocycles. The Labute approximate surface area is 177 Å². The molecule has 30 heavy (non-hydrogen) atoms. The number of aliphatic carboxylic acids is 1. The summed E-state index contributed by atoms with van der Waals surface area (Å²) in [6.07, 6.45) is 0.545. The van der Waals surface area contributed by atoms with Gasteiger partial charge in [-0.15, -0.1) is 0 Å². The van der Waals surface area contributed by atoms with Crippen molar-refractivity contribution in [3.05, 3.63) is 53.6 Å². The molecule has 2 aromatic carbocycles. The number of carboxylic acids is 1. The molecule has 7 nitrogen and oxygen atoms in total. The summed E-state index contributed by atoms with van der Waals surface area (Å²) in [7, 11) is 1.52. The maximum absolute atomic E-state index is 12.1. The molecule has 2 rings (SSSR count). The van der Waals surface area contributed by atoms with Gasteiger partial charge in [-0.05, 0) is 49.1 Å². The van der Waals surface area contributed by atoms with Crippen molar-refractivity contribution in [1.82, 2.24) is 5.32 Å². The molecule has 0 saturated heterocycles. The number of hydrogen-bond donors (Lipinski definition) is 3. The minimum absolute atomic E-state index is 0.155. The van der Waals surface area contributed by atoms with E-state index in [1.54, 1.807) is 12.1 Å². The van der Waals surface area contributed by atoms with Crippen LogP contribution in [0.4, 0.5) is 5.69 Å². The van der Waals surface area contributed by atoms with Crippen molar-refractivity contribution in [3.8, 4) is 11.5 Å². The summed E-state index contributed by atoms with van der Waals surface area (Å²) < 4.78 is 11.0. The van der Waals surface area contributed by atoms with Crippen molar-refractivity contribution in [2.75, 3.05) is 19.0 Å². The van der Waals surface area contributed by atoms with Crippen LogP contribution in [0.2, 0.25) is 0 Å². The van der Waals surface area contributed by atoms with Crippen molar-refractivity contribution < 1.29 is 24.2 Å². The monoisotopic (exact) mass is 414 g/mol. The number of methoxy groups -OCH3 is 1. The van der Waals surface area contributed by atoms with Crippen LogP contribution in [0, 0.1) is 12.8 Å². The van der Waals surface area contributed by atoms with E-state index < -0.39 is 12.0 Å². The van der Waals surface area contributed by atoms with E-state index >= 15 is 0 Å². The van der Waals surface area contributed by atoms with Crippen LogP contribution in [0.25, 0.3) is 0 Å². The van der Waals surface area contributed by atoms with Gasteiger partial charge in [0.05, 0.1) is 7.11 Å². The standard InChI is InChI=1S/C23H30N2O5/c1-15(2)11-19(23(27)28)24-13-17-7-10-20(21(12-17)29-4)30-14-22(26)25-18-8-5-16(3)6-9-18/h5-10,12,15,19,24H,11,13-14H2,1-4H3,(H,25,26)(H,27,28). The number of anilines is 1. The second kappa shape index (κ2) is 11.2. The fraction of sp³-hybridized carbons (Fsp3) is 0.391. The van der Waals surface area contributed by atoms with Crippen molar-refractivity contribution in [1.29, 1.82) is 0 Å². The van der Waals surface area contributed by atoms with E-state index in [2.05, 4.69) is 10.6 Å². The highest BCUT2D eigenvalue weighted by molar-refractivity contribution is 5.91. The lowest BCUT2D eigenvalue weighted by Crippen LogP contribution is -2.37. The number of rotatable bonds is 11. The Bertz CT molecular complexity index is 849. The smallest absolute Gasteiger partial charge is 0.320 e. The average Bonchev–Trinajstić information content (AvgIpc) is 2.71. The highest BCUT2D eigenvalue weighted by Crippen LogP contribution is 2.28. The first kappa shape index (κ1) is 23.2. The molecule has 7 heteroatoms. The highest BCUT2D eigenvalue weighted by Gasteiger charge is 2.18. The quantitative estimate of drug-likeness (QED) is 0.520. The molecule has 3 N–H and O–H groups in total. The molecule has 1 amide bonds. The van der Waals surface area contributed by atoms with Gasteiger partial charge in [-0.2, -0.15) is 0 Å². The summed E-state index contributed by atoms with van der Waals surface area (Å²) in [5.74, 6) is 0.0558. The zero-order valence-corrected chi connectivity index (χ0v) is 17.9. The fourth-order valence-corrected chi connectivity index (χ4v) is 2.90. The number of benzene rings is 2. The Morgan fingerprint density at radius 1 is 1.07 bits per heavy atom. The molecule has 0 aliphatic heterocycles. The number of ether oxygens (including phenoxy) is 2. The van der Waals surface area contributed by atoms with E-state index in [1.165, 1.54) is 7.11 Å². The number of carbonyl (C=O) groups excluding carboxylic acids is 1. The molecule has 0 fully saturated rings. The summed E-state index contributed by atoms with van der Waals surface area (Å²) in [6.45, 7) is 6.18. The van der Waals surface area contributed by atoms with E-state index in [0.29, 0.717) is 30.2 Å². The van der Waals surface area contributed by atoms with Crippen molar-refractivity contribution in [2.24, 2.45) is 5.92 Å². The van der Waals surface area contributed by atoms with Gasteiger partial charge in [-0.25, -0.2) is 0 Å². The Hall–Kier alpha value is -3.06. The van der Waals surface area contributed by atoms with Gasteiger partial charge in [0, 0.05) is 12.2 Å². The van der Waals surface area contributed by atoms with Gasteiger partial charge in [0.25, 0.3) is 5.91 Å². The molecule has 0 heterocycles. The summed E-state index contributed by atoms with van der Waals surface area (Å²) in [5, 5.41) is 15.2. The Morgan fingerprint density at radius 3 is 2.37 bits per heavy atom. The van der Waals surface area contributed by atoms with E-state index in [4.69, 9.17) is 9.47 Å². The van der Waals surface area contributed by atoms with E-state index in [0.717, 1.165) is 11.1 Å². The third-order valence-corrected chi connectivity index (χ3v) is 4.48. The van der Waals surface area contributed by atoms with Crippen molar-refractivity contribution >= 4 is 17.6 Å². The summed E-state index contributed by atoms with van der Waals surface area (Å²) in [5.41, 5.74) is 2.68. The van der Waals surface area contributed by atoms with Crippen LogP contribution in [-0.4, -0.2) is 36.7 Å². The molecule has 0 aliphatic rings. The first-order chi connectivity index (χ1) is 14.3. The lowest BCUT2D eigenvalue weighted by molar-refractivity contribution is -0.140. The molecule has 0 spiro atoms. The SMILES string of the molecule is COc1cc(CNC(CC(C)C)C(=O)O)ccc1OCC(=O)Nc1ccc(C)cc1. The largest absolute Gasteiger partial charge is 0.493 e. The first-order valence-electron chi connectivity index (χ1n) is 9.91. The van der Waals surface area contributed by atoms with Gasteiger partial charge < -0.3 is 25.2 Å². The molecule has 1 atom stereocenters. The lowest BCUT2D eigenvalue weighted by Gasteiger charge is -2.17. The third-order valence-electron chi connectivity index (χ3n) is 4.48. The van der Waals surface area contributed by atoms with Crippen LogP contribution >= 0.6 is 0 Å². The molecule has 162 valence electrons. The summed E-state index contributed by atoms with van der Waals surface area (Å²) >= 11 is 0. The number of aryl methyl sites for hydroxylation is 1. The van der Waals surface area contributed by atoms with Crippen molar-refractivity contribution in [2.45, 2.75) is 39.8 Å². The van der Waals surface area contributed by atoms with E-state index in [1.807, 2.05) is 51.1 Å². The molecule has 0 saturated carbocycles. The highest BCUT2D eigenvalue weighted by atomic mass is 16.5. The van der Waals surface area contributed by atoms with Gasteiger partial charge in [0.1, 0.15) is 6.04 Å². The topological polar surface area (TPSA) is 96.9 Å². The number of carbonyl (C=O) groups is 2. The normalized spacial score (nSPS) is 11.8. The molecule has 2 aromatic rings. The third kappa shape index (κ3) is 7.40. The second-order valence-electron chi connectivity index (χ2n) is 7.59. The number of hydrogen-bond acceptors (Lipinski definition) is 5.